The minimum Gasteiger partial charge on any atom is -0.298 e. The highest BCUT2D eigenvalue weighted by Crippen LogP contribution is 2.81. The molecule has 6 aliphatic carbocycles. The largest absolute Gasteiger partial charge is 0.298 e. The summed E-state index contributed by atoms with van der Waals surface area (Å²) in [6, 6.07) is 0. The van der Waals surface area contributed by atoms with E-state index in [1.165, 1.54) is 5.57 Å². The molecule has 0 aromatic heterocycles. The van der Waals surface area contributed by atoms with Crippen molar-refractivity contribution in [3.05, 3.63) is 11.6 Å². The monoisotopic (exact) mass is 284 g/mol. The van der Waals surface area contributed by atoms with Crippen molar-refractivity contribution >= 4 is 11.6 Å². The number of allylic oxidation sites excluding steroid dienone is 2. The maximum absolute atomic E-state index is 13.2. The number of hydrogen-bond donors (Lipinski definition) is 0. The summed E-state index contributed by atoms with van der Waals surface area (Å²) in [6.07, 6.45) is 7.69. The van der Waals surface area contributed by atoms with Gasteiger partial charge in [-0.1, -0.05) is 25.5 Å². The van der Waals surface area contributed by atoms with Crippen molar-refractivity contribution in [1.82, 2.24) is 0 Å². The van der Waals surface area contributed by atoms with Crippen LogP contribution in [0, 0.1) is 39.9 Å². The van der Waals surface area contributed by atoms with E-state index in [1.807, 2.05) is 0 Å². The zero-order valence-electron chi connectivity index (χ0n) is 13.2. The quantitative estimate of drug-likeness (QED) is 0.503. The van der Waals surface area contributed by atoms with Crippen molar-refractivity contribution in [1.29, 1.82) is 0 Å². The molecule has 21 heavy (non-hydrogen) atoms. The Bertz CT molecular complexity index is 631. The minimum absolute atomic E-state index is 0.0987. The number of hydrogen-bond acceptors (Lipinski definition) is 2. The molecule has 0 aromatic rings. The lowest BCUT2D eigenvalue weighted by molar-refractivity contribution is -0.165. The molecule has 6 aliphatic rings. The van der Waals surface area contributed by atoms with Gasteiger partial charge in [0, 0.05) is 11.3 Å². The number of rotatable bonds is 0. The molecule has 0 aromatic carbocycles. The summed E-state index contributed by atoms with van der Waals surface area (Å²) in [4.78, 5) is 26.2. The van der Waals surface area contributed by atoms with Crippen molar-refractivity contribution in [3.63, 3.8) is 0 Å². The van der Waals surface area contributed by atoms with Crippen molar-refractivity contribution in [3.8, 4) is 0 Å². The average Bonchev–Trinajstić information content (AvgIpc) is 3.02. The van der Waals surface area contributed by atoms with Gasteiger partial charge in [-0.15, -0.1) is 0 Å². The highest BCUT2D eigenvalue weighted by Gasteiger charge is 2.87. The summed E-state index contributed by atoms with van der Waals surface area (Å²) in [5.41, 5.74) is 0.864. The first-order chi connectivity index (χ1) is 9.88. The van der Waals surface area contributed by atoms with E-state index < -0.39 is 5.41 Å². The third-order valence-electron chi connectivity index (χ3n) is 8.53. The summed E-state index contributed by atoms with van der Waals surface area (Å²) in [6.45, 7) is 6.73. The van der Waals surface area contributed by atoms with Crippen LogP contribution in [0.25, 0.3) is 0 Å². The number of Topliss-reactive ketones (excluding diaryl/α,β-unsaturated/α-hetero) is 2. The van der Waals surface area contributed by atoms with Crippen molar-refractivity contribution < 1.29 is 9.59 Å². The Morgan fingerprint density at radius 3 is 2.62 bits per heavy atom. The van der Waals surface area contributed by atoms with Gasteiger partial charge in [0.2, 0.25) is 0 Å². The topological polar surface area (TPSA) is 34.1 Å². The molecule has 5 saturated carbocycles. The molecule has 6 rings (SSSR count). The minimum atomic E-state index is -0.572. The molecule has 112 valence electrons. The number of carbonyl (C=O) groups is 2. The Labute approximate surface area is 126 Å². The van der Waals surface area contributed by atoms with Gasteiger partial charge in [-0.2, -0.15) is 0 Å². The number of fused-ring (bicyclic) bond motifs is 1. The fraction of sp³-hybridized carbons (Fsp3) is 0.789. The SMILES string of the molecule is CC1=CCC[C@@]2(C)[C@H]1CC[C@]13C(=O)C4[C@@H](C[C@@H]12)[C@]4(C)C3=O. The molecule has 4 bridgehead atoms. The first kappa shape index (κ1) is 12.6. The smallest absolute Gasteiger partial charge is 0.153 e. The van der Waals surface area contributed by atoms with Crippen molar-refractivity contribution in [2.45, 2.75) is 52.9 Å². The molecule has 0 saturated heterocycles. The molecule has 1 spiro atoms. The predicted octanol–water partition coefficient (Wildman–Crippen LogP) is 3.55. The van der Waals surface area contributed by atoms with Crippen LogP contribution in [-0.2, 0) is 9.59 Å². The maximum Gasteiger partial charge on any atom is 0.153 e. The van der Waals surface area contributed by atoms with Crippen LogP contribution in [-0.4, -0.2) is 11.6 Å². The molecular weight excluding hydrogens is 260 g/mol. The van der Waals surface area contributed by atoms with Crippen LogP contribution in [0.3, 0.4) is 0 Å². The van der Waals surface area contributed by atoms with E-state index in [4.69, 9.17) is 0 Å². The summed E-state index contributed by atoms with van der Waals surface area (Å²) in [5.74, 6) is 2.10. The van der Waals surface area contributed by atoms with Crippen LogP contribution in [0.15, 0.2) is 11.6 Å². The Hall–Kier alpha value is -0.920. The van der Waals surface area contributed by atoms with Crippen LogP contribution in [0.5, 0.6) is 0 Å². The molecule has 0 radical (unpaired) electrons. The van der Waals surface area contributed by atoms with Gasteiger partial charge in [-0.25, -0.2) is 0 Å². The second-order valence-corrected chi connectivity index (χ2v) is 8.90. The molecule has 0 amide bonds. The van der Waals surface area contributed by atoms with Crippen LogP contribution in [0.4, 0.5) is 0 Å². The Balaban J connectivity index is 1.68. The van der Waals surface area contributed by atoms with E-state index in [-0.39, 0.29) is 16.7 Å². The van der Waals surface area contributed by atoms with Gasteiger partial charge in [-0.05, 0) is 62.2 Å². The Morgan fingerprint density at radius 1 is 1.19 bits per heavy atom. The van der Waals surface area contributed by atoms with Crippen molar-refractivity contribution in [2.24, 2.45) is 39.9 Å². The third-order valence-corrected chi connectivity index (χ3v) is 8.53. The predicted molar refractivity (Wildman–Crippen MR) is 79.5 cm³/mol. The summed E-state index contributed by atoms with van der Waals surface area (Å²) >= 11 is 0. The van der Waals surface area contributed by atoms with Crippen LogP contribution >= 0.6 is 0 Å². The fourth-order valence-electron chi connectivity index (χ4n) is 7.44. The molecule has 5 fully saturated rings. The van der Waals surface area contributed by atoms with Gasteiger partial charge in [0.05, 0.1) is 5.41 Å². The average molecular weight is 284 g/mol. The molecule has 0 aliphatic heterocycles. The second kappa shape index (κ2) is 3.21. The van der Waals surface area contributed by atoms with Gasteiger partial charge >= 0.3 is 0 Å². The highest BCUT2D eigenvalue weighted by atomic mass is 16.2. The summed E-state index contributed by atoms with van der Waals surface area (Å²) in [7, 11) is 0. The third kappa shape index (κ3) is 1.01. The van der Waals surface area contributed by atoms with Crippen LogP contribution in [0.1, 0.15) is 52.9 Å². The first-order valence-corrected chi connectivity index (χ1v) is 8.64. The summed E-state index contributed by atoms with van der Waals surface area (Å²) in [5, 5.41) is 0. The van der Waals surface area contributed by atoms with E-state index in [2.05, 4.69) is 26.8 Å². The van der Waals surface area contributed by atoms with E-state index in [0.29, 0.717) is 29.3 Å². The lowest BCUT2D eigenvalue weighted by Gasteiger charge is -2.59. The van der Waals surface area contributed by atoms with Gasteiger partial charge < -0.3 is 0 Å². The lowest BCUT2D eigenvalue weighted by Crippen LogP contribution is -2.60. The fourth-order valence-corrected chi connectivity index (χ4v) is 7.44. The Morgan fingerprint density at radius 2 is 1.95 bits per heavy atom. The zero-order valence-corrected chi connectivity index (χ0v) is 13.2. The van der Waals surface area contributed by atoms with Gasteiger partial charge in [0.1, 0.15) is 0 Å². The molecule has 0 N–H and O–H groups in total. The van der Waals surface area contributed by atoms with Gasteiger partial charge in [-0.3, -0.25) is 9.59 Å². The number of ketones is 2. The number of carbonyl (C=O) groups excluding carboxylic acids is 2. The van der Waals surface area contributed by atoms with E-state index in [9.17, 15) is 9.59 Å². The Kier molecular flexibility index (Phi) is 1.93. The molecule has 1 unspecified atom stereocenters. The molecule has 0 heterocycles. The summed E-state index contributed by atoms with van der Waals surface area (Å²) < 4.78 is 0. The van der Waals surface area contributed by atoms with E-state index in [0.717, 1.165) is 32.1 Å². The lowest BCUT2D eigenvalue weighted by atomic mass is 9.42. The second-order valence-electron chi connectivity index (χ2n) is 8.90. The van der Waals surface area contributed by atoms with Crippen molar-refractivity contribution in [2.75, 3.05) is 0 Å². The first-order valence-electron chi connectivity index (χ1n) is 8.64. The standard InChI is InChI=1S/C19H24O2/c1-10-5-4-7-17(2)11(10)6-8-19-13(17)9-12-14(15(19)20)18(12,3)16(19)21/h5,11-14H,4,6-9H2,1-3H3/t11-,12+,13+,14?,17-,18-,19+/m0/s1. The molecule has 2 heteroatoms. The molecule has 7 atom stereocenters. The molecule has 2 nitrogen and oxygen atoms in total. The van der Waals surface area contributed by atoms with Crippen LogP contribution in [0.2, 0.25) is 0 Å². The van der Waals surface area contributed by atoms with E-state index >= 15 is 0 Å². The maximum atomic E-state index is 13.2. The van der Waals surface area contributed by atoms with Gasteiger partial charge in [0.25, 0.3) is 0 Å². The normalized spacial score (nSPS) is 60.2. The van der Waals surface area contributed by atoms with Gasteiger partial charge in [0.15, 0.2) is 11.6 Å². The molecular formula is C19H24O2. The van der Waals surface area contributed by atoms with Crippen LogP contribution < -0.4 is 0 Å². The highest BCUT2D eigenvalue weighted by molar-refractivity contribution is 6.22. The van der Waals surface area contributed by atoms with E-state index in [1.54, 1.807) is 0 Å². The zero-order chi connectivity index (χ0) is 14.8.